The first-order chi connectivity index (χ1) is 7.22. The normalized spacial score (nSPS) is 21.1. The van der Waals surface area contributed by atoms with Crippen LogP contribution < -0.4 is 0 Å². The Balaban J connectivity index is 2.33. The fourth-order valence-electron chi connectivity index (χ4n) is 2.12. The number of carbonyl (C=O) groups is 1. The average molecular weight is 220 g/mol. The summed E-state index contributed by atoms with van der Waals surface area (Å²) in [5.74, 6) is 0.357. The first-order valence-corrected chi connectivity index (χ1v) is 6.32. The molecule has 2 atom stereocenters. The lowest BCUT2D eigenvalue weighted by Crippen LogP contribution is -1.97. The van der Waals surface area contributed by atoms with E-state index >= 15 is 0 Å². The number of benzene rings is 1. The second kappa shape index (κ2) is 4.40. The van der Waals surface area contributed by atoms with E-state index in [1.807, 2.05) is 11.8 Å². The number of rotatable bonds is 3. The molecule has 0 fully saturated rings. The topological polar surface area (TPSA) is 17.1 Å². The highest BCUT2D eigenvalue weighted by molar-refractivity contribution is 8.00. The fourth-order valence-corrected chi connectivity index (χ4v) is 3.49. The fraction of sp³-hybridized carbons (Fsp3) is 0.462. The van der Waals surface area contributed by atoms with Crippen molar-refractivity contribution in [2.45, 2.75) is 42.8 Å². The number of thioether (sulfide) groups is 1. The van der Waals surface area contributed by atoms with Gasteiger partial charge in [0.1, 0.15) is 6.29 Å². The molecule has 80 valence electrons. The molecule has 0 radical (unpaired) electrons. The predicted octanol–water partition coefficient (Wildman–Crippen LogP) is 3.42. The first-order valence-electron chi connectivity index (χ1n) is 5.44. The van der Waals surface area contributed by atoms with Crippen molar-refractivity contribution in [3.05, 3.63) is 29.3 Å². The molecule has 1 aliphatic rings. The van der Waals surface area contributed by atoms with Crippen LogP contribution in [0.5, 0.6) is 0 Å². The van der Waals surface area contributed by atoms with Crippen LogP contribution in [0.25, 0.3) is 0 Å². The Morgan fingerprint density at radius 3 is 3.13 bits per heavy atom. The van der Waals surface area contributed by atoms with E-state index in [1.165, 1.54) is 22.4 Å². The molecule has 1 aromatic carbocycles. The van der Waals surface area contributed by atoms with Gasteiger partial charge in [-0.3, -0.25) is 0 Å². The molecule has 1 heterocycles. The van der Waals surface area contributed by atoms with Crippen molar-refractivity contribution in [3.8, 4) is 0 Å². The molecular formula is C13H16OS. The molecular weight excluding hydrogens is 204 g/mol. The van der Waals surface area contributed by atoms with Crippen molar-refractivity contribution in [2.24, 2.45) is 0 Å². The van der Waals surface area contributed by atoms with Crippen molar-refractivity contribution >= 4 is 18.0 Å². The van der Waals surface area contributed by atoms with Crippen LogP contribution >= 0.6 is 11.8 Å². The second-order valence-electron chi connectivity index (χ2n) is 4.27. The van der Waals surface area contributed by atoms with Gasteiger partial charge in [0.25, 0.3) is 0 Å². The lowest BCUT2D eigenvalue weighted by atomic mass is 9.95. The van der Waals surface area contributed by atoms with E-state index in [0.717, 1.165) is 6.29 Å². The maximum atomic E-state index is 10.5. The summed E-state index contributed by atoms with van der Waals surface area (Å²) in [6.07, 6.45) is 2.82. The largest absolute Gasteiger partial charge is 0.303 e. The molecule has 0 aromatic heterocycles. The SMILES string of the molecule is CC1Cc2cccc(C(C)CC=O)c2S1. The van der Waals surface area contributed by atoms with E-state index in [1.54, 1.807) is 0 Å². The first kappa shape index (κ1) is 10.7. The number of carbonyl (C=O) groups excluding carboxylic acids is 1. The maximum absolute atomic E-state index is 10.5. The van der Waals surface area contributed by atoms with Gasteiger partial charge in [-0.05, 0) is 23.5 Å². The smallest absolute Gasteiger partial charge is 0.120 e. The molecule has 15 heavy (non-hydrogen) atoms. The molecule has 1 nitrogen and oxygen atoms in total. The maximum Gasteiger partial charge on any atom is 0.120 e. The third kappa shape index (κ3) is 2.10. The highest BCUT2D eigenvalue weighted by atomic mass is 32.2. The van der Waals surface area contributed by atoms with Crippen molar-refractivity contribution in [1.82, 2.24) is 0 Å². The Labute approximate surface area is 95.3 Å². The Kier molecular flexibility index (Phi) is 3.15. The molecule has 2 unspecified atom stereocenters. The molecule has 0 spiro atoms. The van der Waals surface area contributed by atoms with Crippen molar-refractivity contribution in [2.75, 3.05) is 0 Å². The van der Waals surface area contributed by atoms with E-state index in [9.17, 15) is 4.79 Å². The third-order valence-corrected chi connectivity index (χ3v) is 4.24. The van der Waals surface area contributed by atoms with Crippen LogP contribution in [0.2, 0.25) is 0 Å². The zero-order valence-corrected chi connectivity index (χ0v) is 10.0. The van der Waals surface area contributed by atoms with Gasteiger partial charge in [0.05, 0.1) is 0 Å². The van der Waals surface area contributed by atoms with Crippen LogP contribution in [0.3, 0.4) is 0 Å². The van der Waals surface area contributed by atoms with Crippen molar-refractivity contribution < 1.29 is 4.79 Å². The standard InChI is InChI=1S/C13H16OS/c1-9(6-7-14)12-5-3-4-11-8-10(2)15-13(11)12/h3-5,7,9-10H,6,8H2,1-2H3. The zero-order chi connectivity index (χ0) is 10.8. The van der Waals surface area contributed by atoms with Gasteiger partial charge in [-0.2, -0.15) is 0 Å². The van der Waals surface area contributed by atoms with Crippen LogP contribution in [0.1, 0.15) is 37.3 Å². The summed E-state index contributed by atoms with van der Waals surface area (Å²) in [6, 6.07) is 6.50. The van der Waals surface area contributed by atoms with Gasteiger partial charge in [0, 0.05) is 16.6 Å². The summed E-state index contributed by atoms with van der Waals surface area (Å²) in [6.45, 7) is 4.40. The van der Waals surface area contributed by atoms with Gasteiger partial charge >= 0.3 is 0 Å². The molecule has 0 bridgehead atoms. The number of fused-ring (bicyclic) bond motifs is 1. The van der Waals surface area contributed by atoms with Crippen LogP contribution in [0, 0.1) is 0 Å². The van der Waals surface area contributed by atoms with Crippen LogP contribution in [-0.4, -0.2) is 11.5 Å². The number of hydrogen-bond donors (Lipinski definition) is 0. The quantitative estimate of drug-likeness (QED) is 0.726. The number of hydrogen-bond acceptors (Lipinski definition) is 2. The Morgan fingerprint density at radius 1 is 1.60 bits per heavy atom. The van der Waals surface area contributed by atoms with Crippen molar-refractivity contribution in [3.63, 3.8) is 0 Å². The average Bonchev–Trinajstić information content (AvgIpc) is 2.57. The minimum absolute atomic E-state index is 0.357. The molecule has 0 N–H and O–H groups in total. The van der Waals surface area contributed by atoms with Gasteiger partial charge in [-0.1, -0.05) is 32.0 Å². The molecule has 0 amide bonds. The van der Waals surface area contributed by atoms with E-state index < -0.39 is 0 Å². The molecule has 2 heteroatoms. The Bertz CT molecular complexity index is 373. The molecule has 1 aliphatic heterocycles. The third-order valence-electron chi connectivity index (χ3n) is 2.93. The van der Waals surface area contributed by atoms with Crippen LogP contribution in [-0.2, 0) is 11.2 Å². The molecule has 2 rings (SSSR count). The highest BCUT2D eigenvalue weighted by Crippen LogP contribution is 2.41. The molecule has 1 aromatic rings. The minimum atomic E-state index is 0.357. The lowest BCUT2D eigenvalue weighted by Gasteiger charge is -2.12. The van der Waals surface area contributed by atoms with E-state index in [4.69, 9.17) is 0 Å². The number of aldehydes is 1. The minimum Gasteiger partial charge on any atom is -0.303 e. The molecule has 0 aliphatic carbocycles. The monoisotopic (exact) mass is 220 g/mol. The lowest BCUT2D eigenvalue weighted by molar-refractivity contribution is -0.108. The summed E-state index contributed by atoms with van der Waals surface area (Å²) in [5, 5.41) is 0.685. The van der Waals surface area contributed by atoms with Crippen LogP contribution in [0.15, 0.2) is 23.1 Å². The zero-order valence-electron chi connectivity index (χ0n) is 9.19. The summed E-state index contributed by atoms with van der Waals surface area (Å²) in [4.78, 5) is 12.0. The summed E-state index contributed by atoms with van der Waals surface area (Å²) in [7, 11) is 0. The Hall–Kier alpha value is -0.760. The molecule has 0 saturated carbocycles. The summed E-state index contributed by atoms with van der Waals surface area (Å²) < 4.78 is 0. The van der Waals surface area contributed by atoms with Crippen LogP contribution in [0.4, 0.5) is 0 Å². The van der Waals surface area contributed by atoms with Gasteiger partial charge in [-0.25, -0.2) is 0 Å². The van der Waals surface area contributed by atoms with Gasteiger partial charge < -0.3 is 4.79 Å². The van der Waals surface area contributed by atoms with Crippen molar-refractivity contribution in [1.29, 1.82) is 0 Å². The van der Waals surface area contributed by atoms with Gasteiger partial charge in [0.15, 0.2) is 0 Å². The van der Waals surface area contributed by atoms with E-state index in [0.29, 0.717) is 17.6 Å². The van der Waals surface area contributed by atoms with Gasteiger partial charge in [-0.15, -0.1) is 11.8 Å². The van der Waals surface area contributed by atoms with Gasteiger partial charge in [0.2, 0.25) is 0 Å². The Morgan fingerprint density at radius 2 is 2.40 bits per heavy atom. The predicted molar refractivity (Wildman–Crippen MR) is 64.6 cm³/mol. The summed E-state index contributed by atoms with van der Waals surface area (Å²) >= 11 is 1.96. The van der Waals surface area contributed by atoms with E-state index in [2.05, 4.69) is 32.0 Å². The summed E-state index contributed by atoms with van der Waals surface area (Å²) in [5.41, 5.74) is 2.82. The highest BCUT2D eigenvalue weighted by Gasteiger charge is 2.22. The second-order valence-corrected chi connectivity index (χ2v) is 5.72. The molecule has 0 saturated heterocycles. The van der Waals surface area contributed by atoms with E-state index in [-0.39, 0.29) is 0 Å².